The van der Waals surface area contributed by atoms with Gasteiger partial charge >= 0.3 is 83.6 Å². The van der Waals surface area contributed by atoms with Gasteiger partial charge < -0.3 is 104 Å². The van der Waals surface area contributed by atoms with E-state index in [9.17, 15) is 67.1 Å². The number of hydrogen-bond acceptors (Lipinski definition) is 40. The Labute approximate surface area is 740 Å². The molecule has 0 radical (unpaired) electrons. The first-order chi connectivity index (χ1) is 60.2. The third kappa shape index (κ3) is 23.7. The lowest BCUT2D eigenvalue weighted by Gasteiger charge is -2.48. The normalized spacial score (nSPS) is 26.1. The Hall–Kier alpha value is -11.9. The first kappa shape index (κ1) is 95.7. The predicted molar refractivity (Wildman–Crippen MR) is 425 cm³/mol. The summed E-state index contributed by atoms with van der Waals surface area (Å²) in [4.78, 5) is 179. The van der Waals surface area contributed by atoms with Gasteiger partial charge in [0.15, 0.2) is 86.1 Å². The standard InChI is InChI=1S/C83H90Br2N6O36/c1-37(92)106-33-63-69(126-81-77(120-49(13)104)73(116-45(9)100)67(112-41(5)96)65(124-81)35-108-39(3)94)71(114-43(7)98)75(118-47(11)102)79(122-63)90-29-55(86-88-90)31-110-57-21-15-51(16-22-57)83(61-27-53(84)19-25-59(61)60-26-20-54(85)28-62(60)83)52-17-23-58(24-18-52)111-32-56-30-91(89-87-56)80-76(119-48(12)103)72(115-44(8)99)70(64(123-80)34-107-38(2)93)127-82-78(121-50(14)105)74(117-46(10)101)68(113-42(6)97)66(125-82)36-109-40(4)95/h15-30,63-82H,31-36H2,1-14H3/t63-,64-,65-,66-,67-,68-,69-,70-,71+,72+,73+,74+,75-,76-,77-,78-,79-,80-,81+,82+/m1/s1. The maximum absolute atomic E-state index is 13.3. The molecule has 1 aliphatic carbocycles. The van der Waals surface area contributed by atoms with Crippen LogP contribution in [0.3, 0.4) is 0 Å². The Morgan fingerprint density at radius 2 is 0.591 bits per heavy atom. The highest BCUT2D eigenvalue weighted by Crippen LogP contribution is 2.58. The van der Waals surface area contributed by atoms with Gasteiger partial charge in [-0.3, -0.25) is 67.1 Å². The lowest BCUT2D eigenvalue weighted by Crippen LogP contribution is -2.66. The molecule has 42 nitrogen and oxygen atoms in total. The second-order valence-corrected chi connectivity index (χ2v) is 31.3. The van der Waals surface area contributed by atoms with Gasteiger partial charge in [0.1, 0.15) is 99.2 Å². The topological polar surface area (TPSA) is 503 Å². The van der Waals surface area contributed by atoms with Crippen molar-refractivity contribution in [1.29, 1.82) is 0 Å². The van der Waals surface area contributed by atoms with E-state index in [1.807, 2.05) is 60.7 Å². The minimum Gasteiger partial charge on any atom is -0.487 e. The van der Waals surface area contributed by atoms with Crippen molar-refractivity contribution in [1.82, 2.24) is 30.0 Å². The van der Waals surface area contributed by atoms with Crippen molar-refractivity contribution in [2.24, 2.45) is 0 Å². The number of carbonyl (C=O) groups is 14. The van der Waals surface area contributed by atoms with Crippen molar-refractivity contribution >= 4 is 115 Å². The molecule has 5 aliphatic rings. The molecule has 4 aromatic carbocycles. The van der Waals surface area contributed by atoms with Gasteiger partial charge in [0.05, 0.1) is 17.8 Å². The summed E-state index contributed by atoms with van der Waals surface area (Å²) in [5, 5.41) is 17.3. The van der Waals surface area contributed by atoms with Gasteiger partial charge in [-0.1, -0.05) is 78.7 Å². The third-order valence-electron chi connectivity index (χ3n) is 19.9. The number of fused-ring (bicyclic) bond motifs is 3. The second kappa shape index (κ2) is 42.1. The second-order valence-electron chi connectivity index (χ2n) is 29.5. The molecule has 44 heteroatoms. The first-order valence-electron chi connectivity index (χ1n) is 39.3. The van der Waals surface area contributed by atoms with Crippen molar-refractivity contribution in [3.05, 3.63) is 140 Å². The van der Waals surface area contributed by atoms with Gasteiger partial charge in [-0.05, 0) is 81.9 Å². The van der Waals surface area contributed by atoms with Crippen LogP contribution in [0.25, 0.3) is 11.1 Å². The quantitative estimate of drug-likeness (QED) is 0.0371. The number of nitrogens with zero attached hydrogens (tertiary/aromatic N) is 6. The largest absolute Gasteiger partial charge is 0.487 e. The van der Waals surface area contributed by atoms with E-state index >= 15 is 0 Å². The van der Waals surface area contributed by atoms with Gasteiger partial charge in [0.25, 0.3) is 0 Å². The highest BCUT2D eigenvalue weighted by molar-refractivity contribution is 9.10. The van der Waals surface area contributed by atoms with E-state index in [-0.39, 0.29) is 24.6 Å². The van der Waals surface area contributed by atoms with Crippen LogP contribution in [0.5, 0.6) is 11.5 Å². The smallest absolute Gasteiger partial charge is 0.303 e. The average Bonchev–Trinajstić information content (AvgIpc) is 1.54. The lowest BCUT2D eigenvalue weighted by molar-refractivity contribution is -0.349. The van der Waals surface area contributed by atoms with Crippen molar-refractivity contribution in [3.63, 3.8) is 0 Å². The maximum Gasteiger partial charge on any atom is 0.303 e. The molecule has 0 spiro atoms. The van der Waals surface area contributed by atoms with Crippen LogP contribution in [0.1, 0.15) is 143 Å². The number of hydrogen-bond donors (Lipinski definition) is 0. The van der Waals surface area contributed by atoms with Gasteiger partial charge in [-0.15, -0.1) is 10.2 Å². The van der Waals surface area contributed by atoms with E-state index in [1.165, 1.54) is 12.4 Å². The number of esters is 14. The van der Waals surface area contributed by atoms with Crippen LogP contribution in [-0.2, 0) is 180 Å². The molecule has 0 bridgehead atoms. The van der Waals surface area contributed by atoms with Crippen molar-refractivity contribution in [2.45, 2.75) is 238 Å². The van der Waals surface area contributed by atoms with E-state index in [1.54, 1.807) is 24.3 Å². The Kier molecular flexibility index (Phi) is 31.7. The Balaban J connectivity index is 0.857. The molecule has 6 heterocycles. The highest BCUT2D eigenvalue weighted by atomic mass is 79.9. The van der Waals surface area contributed by atoms with Gasteiger partial charge in [0.2, 0.25) is 0 Å². The molecule has 4 saturated heterocycles. The summed E-state index contributed by atoms with van der Waals surface area (Å²) in [5.41, 5.74) is 4.51. The zero-order valence-corrected chi connectivity index (χ0v) is 73.8. The molecule has 0 unspecified atom stereocenters. The zero-order chi connectivity index (χ0) is 92.2. The fraction of sp³-hybridized carbons (Fsp3) is 0.494. The molecular weight excluding hydrogens is 1820 g/mol. The van der Waals surface area contributed by atoms with Crippen molar-refractivity contribution in [3.8, 4) is 22.6 Å². The molecule has 0 N–H and O–H groups in total. The molecule has 11 rings (SSSR count). The van der Waals surface area contributed by atoms with Crippen LogP contribution < -0.4 is 9.47 Å². The van der Waals surface area contributed by atoms with Crippen molar-refractivity contribution < 1.29 is 171 Å². The molecule has 0 amide bonds. The number of benzene rings is 4. The van der Waals surface area contributed by atoms with E-state index < -0.39 is 238 Å². The summed E-state index contributed by atoms with van der Waals surface area (Å²) < 4.78 is 134. The van der Waals surface area contributed by atoms with Crippen LogP contribution in [0, 0.1) is 0 Å². The van der Waals surface area contributed by atoms with Gasteiger partial charge in [-0.2, -0.15) is 0 Å². The van der Waals surface area contributed by atoms with Crippen LogP contribution in [-0.4, -0.2) is 250 Å². The fourth-order valence-corrected chi connectivity index (χ4v) is 16.1. The van der Waals surface area contributed by atoms with Gasteiger partial charge in [0, 0.05) is 106 Å². The molecule has 682 valence electrons. The molecule has 6 aromatic rings. The molecule has 4 fully saturated rings. The lowest BCUT2D eigenvalue weighted by atomic mass is 9.67. The number of rotatable bonds is 32. The van der Waals surface area contributed by atoms with Crippen LogP contribution in [0.2, 0.25) is 0 Å². The minimum absolute atomic E-state index is 0.174. The summed E-state index contributed by atoms with van der Waals surface area (Å²) in [6.07, 6.45) is -31.1. The number of ether oxygens (including phenoxy) is 22. The van der Waals surface area contributed by atoms with E-state index in [2.05, 4.69) is 52.5 Å². The van der Waals surface area contributed by atoms with E-state index in [0.717, 1.165) is 149 Å². The zero-order valence-electron chi connectivity index (χ0n) is 70.7. The van der Waals surface area contributed by atoms with Crippen molar-refractivity contribution in [2.75, 3.05) is 26.4 Å². The highest BCUT2D eigenvalue weighted by Gasteiger charge is 2.61. The molecular formula is C83H90Br2N6O36. The number of carbonyl (C=O) groups excluding carboxylic acids is 14. The molecule has 4 aliphatic heterocycles. The number of aromatic nitrogens is 6. The summed E-state index contributed by atoms with van der Waals surface area (Å²) in [6.45, 7) is 11.5. The summed E-state index contributed by atoms with van der Waals surface area (Å²) in [7, 11) is 0. The molecule has 127 heavy (non-hydrogen) atoms. The third-order valence-corrected chi connectivity index (χ3v) is 20.8. The number of halogens is 2. The fourth-order valence-electron chi connectivity index (χ4n) is 15.4. The Bertz CT molecular complexity index is 4770. The van der Waals surface area contributed by atoms with Crippen LogP contribution in [0.15, 0.2) is 106 Å². The Morgan fingerprint density at radius 3 is 0.882 bits per heavy atom. The average molecular weight is 1910 g/mol. The Morgan fingerprint density at radius 1 is 0.323 bits per heavy atom. The van der Waals surface area contributed by atoms with Gasteiger partial charge in [-0.25, -0.2) is 9.36 Å². The maximum atomic E-state index is 13.3. The summed E-state index contributed by atoms with van der Waals surface area (Å²) >= 11 is 7.49. The monoisotopic (exact) mass is 1900 g/mol. The summed E-state index contributed by atoms with van der Waals surface area (Å²) in [5.74, 6) is -12.0. The van der Waals surface area contributed by atoms with Crippen LogP contribution in [0.4, 0.5) is 0 Å². The van der Waals surface area contributed by atoms with Crippen LogP contribution >= 0.6 is 31.9 Å². The molecule has 2 aromatic heterocycles. The summed E-state index contributed by atoms with van der Waals surface area (Å²) in [6, 6.07) is 26.7. The van der Waals surface area contributed by atoms with E-state index in [0.29, 0.717) is 11.5 Å². The minimum atomic E-state index is -1.93. The SMILES string of the molecule is CC(=O)OC[C@H]1O[C@@H](n2cc(COc3ccc(C4(c5ccc(OCc6cn([C@@H]7O[C@H](COC(C)=O)[C@@H](O[C@@H]8O[C@H](COC(C)=O)[C@@H](OC(C)=O)[C@H](OC(C)=O)[C@H]8OC(C)=O)[C@H](OC(C)=O)[C@H]7OC(C)=O)nn6)cc5)c5cc(Br)ccc5-c5ccc(Br)cc54)cc3)nn2)[C@H](OC(C)=O)[C@@H](OC(C)=O)[C@@H]1O[C@@H]1O[C@H](COC(C)=O)[C@@H](OC(C)=O)[C@H](OC(C)=O)[C@H]1OC(C)=O. The van der Waals surface area contributed by atoms with E-state index in [4.69, 9.17) is 104 Å². The molecule has 0 saturated carbocycles. The molecule has 20 atom stereocenters. The predicted octanol–water partition coefficient (Wildman–Crippen LogP) is 5.50. The first-order valence-corrected chi connectivity index (χ1v) is 40.9.